The maximum atomic E-state index is 14.8. The largest absolute Gasteiger partial charge is 0.465 e. The number of nitrogens with zero attached hydrogens (tertiary/aromatic N) is 2. The fourth-order valence-electron chi connectivity index (χ4n) is 4.53. The van der Waals surface area contributed by atoms with Crippen LogP contribution in [0.15, 0.2) is 42.7 Å². The van der Waals surface area contributed by atoms with Gasteiger partial charge in [-0.05, 0) is 44.2 Å². The van der Waals surface area contributed by atoms with Gasteiger partial charge in [0.15, 0.2) is 0 Å². The number of benzene rings is 1. The van der Waals surface area contributed by atoms with Gasteiger partial charge in [0.05, 0.1) is 35.7 Å². The number of anilines is 1. The third kappa shape index (κ3) is 5.98. The van der Waals surface area contributed by atoms with Gasteiger partial charge in [-0.1, -0.05) is 0 Å². The highest BCUT2D eigenvalue weighted by atomic mass is 19.1. The number of aliphatic hydroxyl groups is 1. The Balaban J connectivity index is 1.64. The molecule has 216 valence electrons. The van der Waals surface area contributed by atoms with Crippen molar-refractivity contribution in [2.24, 2.45) is 0 Å². The third-order valence-electron chi connectivity index (χ3n) is 6.94. The smallest absolute Gasteiger partial charge is 0.404 e. The van der Waals surface area contributed by atoms with Crippen LogP contribution in [-0.4, -0.2) is 62.9 Å². The average molecular weight is 574 g/mol. The van der Waals surface area contributed by atoms with Crippen LogP contribution in [0.4, 0.5) is 23.7 Å². The molecule has 0 bridgehead atoms. The van der Waals surface area contributed by atoms with Crippen molar-refractivity contribution in [1.29, 1.82) is 0 Å². The van der Waals surface area contributed by atoms with Crippen LogP contribution < -0.4 is 16.0 Å². The van der Waals surface area contributed by atoms with Crippen molar-refractivity contribution in [3.8, 4) is 11.3 Å². The van der Waals surface area contributed by atoms with E-state index in [1.165, 1.54) is 32.4 Å². The maximum Gasteiger partial charge on any atom is 0.404 e. The van der Waals surface area contributed by atoms with Gasteiger partial charge in [-0.25, -0.2) is 22.9 Å². The maximum absolute atomic E-state index is 14.8. The molecule has 1 aliphatic heterocycles. The number of rotatable bonds is 6. The van der Waals surface area contributed by atoms with Crippen LogP contribution in [-0.2, 0) is 4.74 Å². The lowest BCUT2D eigenvalue weighted by atomic mass is 9.82. The molecule has 1 aliphatic rings. The summed E-state index contributed by atoms with van der Waals surface area (Å²) in [6.45, 7) is 3.02. The second kappa shape index (κ2) is 11.5. The quantitative estimate of drug-likeness (QED) is 0.300. The Hall–Kier alpha value is -4.56. The Morgan fingerprint density at radius 3 is 2.39 bits per heavy atom. The molecule has 0 aliphatic carbocycles. The minimum absolute atomic E-state index is 0.0140. The fraction of sp³-hybridized carbons (Fsp3) is 0.296. The van der Waals surface area contributed by atoms with Crippen molar-refractivity contribution >= 4 is 23.6 Å². The van der Waals surface area contributed by atoms with Crippen LogP contribution in [0.3, 0.4) is 0 Å². The standard InChI is InChI=1S/C27H26F3N5O6/c1-12-27(2,40)21(35-26(38)39)10-20(41-12)14-6-7-32-11-19(14)34-25(37)18-5-4-15(28)23(33-18)22-16(29)8-13(9-17(22)30)24(36)31-3/h4-9,11-12,20-21,35,40H,10H2,1-3H3,(H,31,36)(H,34,37)(H,38,39)/t12?,20-,21-,27-/m1/s1. The molecule has 1 aromatic carbocycles. The van der Waals surface area contributed by atoms with Crippen molar-refractivity contribution in [1.82, 2.24) is 20.6 Å². The number of ether oxygens (including phenoxy) is 1. The molecule has 3 amide bonds. The summed E-state index contributed by atoms with van der Waals surface area (Å²) in [6, 6.07) is 3.91. The van der Waals surface area contributed by atoms with E-state index in [4.69, 9.17) is 4.74 Å². The predicted octanol–water partition coefficient (Wildman–Crippen LogP) is 3.41. The number of pyridine rings is 2. The molecule has 14 heteroatoms. The molecule has 3 aromatic rings. The zero-order chi connectivity index (χ0) is 30.1. The molecular formula is C27H26F3N5O6. The average Bonchev–Trinajstić information content (AvgIpc) is 2.91. The summed E-state index contributed by atoms with van der Waals surface area (Å²) in [5.41, 5.74) is -3.34. The van der Waals surface area contributed by atoms with E-state index in [0.717, 1.165) is 24.3 Å². The Morgan fingerprint density at radius 1 is 1.07 bits per heavy atom. The SMILES string of the molecule is CNC(=O)c1cc(F)c(-c2nc(C(=O)Nc3cnccc3[C@H]3C[C@@H](NC(=O)O)[C@](C)(O)C(C)O3)ccc2F)c(F)c1. The first-order chi connectivity index (χ1) is 19.3. The summed E-state index contributed by atoms with van der Waals surface area (Å²) in [5, 5.41) is 27.1. The summed E-state index contributed by atoms with van der Waals surface area (Å²) in [7, 11) is 1.28. The predicted molar refractivity (Wildman–Crippen MR) is 139 cm³/mol. The van der Waals surface area contributed by atoms with Crippen LogP contribution >= 0.6 is 0 Å². The molecule has 5 N–H and O–H groups in total. The number of carboxylic acid groups (broad SMARTS) is 1. The highest BCUT2D eigenvalue weighted by molar-refractivity contribution is 6.03. The number of hydrogen-bond donors (Lipinski definition) is 5. The highest BCUT2D eigenvalue weighted by Gasteiger charge is 2.46. The van der Waals surface area contributed by atoms with Gasteiger partial charge in [0, 0.05) is 30.8 Å². The molecule has 0 saturated carbocycles. The molecule has 0 radical (unpaired) electrons. The Morgan fingerprint density at radius 2 is 1.76 bits per heavy atom. The lowest BCUT2D eigenvalue weighted by Crippen LogP contribution is -2.60. The number of aromatic nitrogens is 2. The first-order valence-electron chi connectivity index (χ1n) is 12.3. The summed E-state index contributed by atoms with van der Waals surface area (Å²) >= 11 is 0. The first kappa shape index (κ1) is 29.4. The molecule has 3 heterocycles. The van der Waals surface area contributed by atoms with Gasteiger partial charge in [0.25, 0.3) is 11.8 Å². The number of halogens is 3. The summed E-state index contributed by atoms with van der Waals surface area (Å²) in [6.07, 6.45) is -0.182. The number of carbonyl (C=O) groups excluding carboxylic acids is 2. The second-order valence-corrected chi connectivity index (χ2v) is 9.57. The van der Waals surface area contributed by atoms with Crippen LogP contribution in [0.1, 0.15) is 52.8 Å². The van der Waals surface area contributed by atoms with Crippen LogP contribution in [0.5, 0.6) is 0 Å². The van der Waals surface area contributed by atoms with Gasteiger partial charge in [0.1, 0.15) is 34.4 Å². The van der Waals surface area contributed by atoms with Gasteiger partial charge in [-0.3, -0.25) is 14.6 Å². The molecule has 4 atom stereocenters. The molecule has 41 heavy (non-hydrogen) atoms. The summed E-state index contributed by atoms with van der Waals surface area (Å²) < 4.78 is 50.2. The lowest BCUT2D eigenvalue weighted by molar-refractivity contribution is -0.176. The molecule has 4 rings (SSSR count). The Bertz CT molecular complexity index is 1500. The molecule has 1 saturated heterocycles. The van der Waals surface area contributed by atoms with Gasteiger partial charge < -0.3 is 30.9 Å². The van der Waals surface area contributed by atoms with E-state index in [2.05, 4.69) is 25.9 Å². The van der Waals surface area contributed by atoms with Crippen molar-refractivity contribution in [2.45, 2.75) is 44.1 Å². The fourth-order valence-corrected chi connectivity index (χ4v) is 4.53. The Labute approximate surface area is 231 Å². The topological polar surface area (TPSA) is 163 Å². The molecule has 1 unspecified atom stereocenters. The zero-order valence-corrected chi connectivity index (χ0v) is 22.0. The molecule has 2 aromatic heterocycles. The first-order valence-corrected chi connectivity index (χ1v) is 12.3. The monoisotopic (exact) mass is 573 g/mol. The number of hydrogen-bond acceptors (Lipinski definition) is 7. The van der Waals surface area contributed by atoms with E-state index >= 15 is 0 Å². The van der Waals surface area contributed by atoms with E-state index in [-0.39, 0.29) is 17.7 Å². The zero-order valence-electron chi connectivity index (χ0n) is 22.0. The van der Waals surface area contributed by atoms with Crippen LogP contribution in [0.2, 0.25) is 0 Å². The van der Waals surface area contributed by atoms with Gasteiger partial charge in [-0.2, -0.15) is 0 Å². The van der Waals surface area contributed by atoms with Crippen molar-refractivity contribution in [3.05, 3.63) is 77.0 Å². The van der Waals surface area contributed by atoms with Gasteiger partial charge in [-0.15, -0.1) is 0 Å². The highest BCUT2D eigenvalue weighted by Crippen LogP contribution is 2.39. The number of amides is 3. The number of nitrogens with one attached hydrogen (secondary N) is 3. The lowest BCUT2D eigenvalue weighted by Gasteiger charge is -2.45. The van der Waals surface area contributed by atoms with Crippen molar-refractivity contribution < 1.29 is 42.5 Å². The van der Waals surface area contributed by atoms with E-state index < -0.39 is 76.2 Å². The Kier molecular flexibility index (Phi) is 8.26. The van der Waals surface area contributed by atoms with E-state index in [1.807, 2.05) is 0 Å². The molecule has 1 fully saturated rings. The normalized spacial score (nSPS) is 22.1. The molecule has 11 nitrogen and oxygen atoms in total. The summed E-state index contributed by atoms with van der Waals surface area (Å²) in [4.78, 5) is 44.0. The minimum atomic E-state index is -1.52. The third-order valence-corrected chi connectivity index (χ3v) is 6.94. The van der Waals surface area contributed by atoms with Crippen molar-refractivity contribution in [3.63, 3.8) is 0 Å². The van der Waals surface area contributed by atoms with E-state index in [1.54, 1.807) is 6.92 Å². The number of carbonyl (C=O) groups is 3. The minimum Gasteiger partial charge on any atom is -0.465 e. The van der Waals surface area contributed by atoms with Crippen molar-refractivity contribution in [2.75, 3.05) is 12.4 Å². The van der Waals surface area contributed by atoms with Gasteiger partial charge >= 0.3 is 6.09 Å². The van der Waals surface area contributed by atoms with E-state index in [9.17, 15) is 37.8 Å². The van der Waals surface area contributed by atoms with E-state index in [0.29, 0.717) is 5.56 Å². The molecular weight excluding hydrogens is 547 g/mol. The molecule has 0 spiro atoms. The van der Waals surface area contributed by atoms with Crippen LogP contribution in [0.25, 0.3) is 11.3 Å². The van der Waals surface area contributed by atoms with Gasteiger partial charge in [0.2, 0.25) is 0 Å². The summed E-state index contributed by atoms with van der Waals surface area (Å²) in [5.74, 6) is -5.26. The van der Waals surface area contributed by atoms with Crippen LogP contribution in [0, 0.1) is 17.5 Å². The second-order valence-electron chi connectivity index (χ2n) is 9.57.